The molecule has 8 heteroatoms. The summed E-state index contributed by atoms with van der Waals surface area (Å²) >= 11 is 0. The van der Waals surface area contributed by atoms with Gasteiger partial charge in [-0.1, -0.05) is 152 Å². The first-order valence-corrected chi connectivity index (χ1v) is 21.0. The standard InChI is InChI=1S/C55H33N7O/c63-53-39-26-11-10-25-38(39)49-43-32-42-37-24-14-17-31-46(37)61(54-56-44-29-15-12-27-40(44)50(58-54)34-18-4-1-5-19-34)47(42)33-48(43)62(52(49)60(53)36-22-8-3-9-23-36)55-57-45-30-16-13-28-41(45)51(59-55)35-20-6-2-7-21-35/h1-33H. The Balaban J connectivity index is 1.24. The van der Waals surface area contributed by atoms with Crippen molar-refractivity contribution >= 4 is 76.3 Å². The van der Waals surface area contributed by atoms with Gasteiger partial charge in [0.25, 0.3) is 5.56 Å². The van der Waals surface area contributed by atoms with Gasteiger partial charge in [0.2, 0.25) is 11.9 Å². The molecule has 0 amide bonds. The van der Waals surface area contributed by atoms with Gasteiger partial charge in [0, 0.05) is 48.8 Å². The second-order valence-corrected chi connectivity index (χ2v) is 15.8. The molecule has 0 bridgehead atoms. The summed E-state index contributed by atoms with van der Waals surface area (Å²) < 4.78 is 6.08. The van der Waals surface area contributed by atoms with E-state index in [4.69, 9.17) is 19.9 Å². The van der Waals surface area contributed by atoms with Crippen LogP contribution in [0.5, 0.6) is 0 Å². The maximum atomic E-state index is 15.0. The fourth-order valence-electron chi connectivity index (χ4n) is 9.51. The monoisotopic (exact) mass is 807 g/mol. The van der Waals surface area contributed by atoms with Crippen molar-refractivity contribution in [3.8, 4) is 40.1 Å². The minimum atomic E-state index is -0.130. The number of fused-ring (bicyclic) bond motifs is 10. The van der Waals surface area contributed by atoms with Crippen LogP contribution in [0.15, 0.2) is 205 Å². The number of para-hydroxylation sites is 4. The van der Waals surface area contributed by atoms with E-state index in [1.165, 1.54) is 0 Å². The van der Waals surface area contributed by atoms with Crippen LogP contribution in [0.25, 0.3) is 116 Å². The van der Waals surface area contributed by atoms with Crippen LogP contribution in [0.2, 0.25) is 0 Å². The third-order valence-corrected chi connectivity index (χ3v) is 12.3. The molecule has 5 aromatic heterocycles. The summed E-state index contributed by atoms with van der Waals surface area (Å²) in [7, 11) is 0. The Kier molecular flexibility index (Phi) is 7.59. The number of hydrogen-bond acceptors (Lipinski definition) is 5. The van der Waals surface area contributed by atoms with Crippen molar-refractivity contribution in [2.24, 2.45) is 0 Å². The van der Waals surface area contributed by atoms with E-state index >= 15 is 4.79 Å². The third-order valence-electron chi connectivity index (χ3n) is 12.3. The van der Waals surface area contributed by atoms with Gasteiger partial charge in [0.1, 0.15) is 5.65 Å². The molecule has 5 heterocycles. The van der Waals surface area contributed by atoms with Gasteiger partial charge in [0.05, 0.1) is 44.7 Å². The highest BCUT2D eigenvalue weighted by atomic mass is 16.1. The van der Waals surface area contributed by atoms with E-state index in [0.717, 1.165) is 93.5 Å². The lowest BCUT2D eigenvalue weighted by atomic mass is 10.0. The van der Waals surface area contributed by atoms with Crippen LogP contribution in [0.1, 0.15) is 0 Å². The second-order valence-electron chi connectivity index (χ2n) is 15.8. The van der Waals surface area contributed by atoms with Gasteiger partial charge in [0.15, 0.2) is 0 Å². The second kappa shape index (κ2) is 13.6. The fourth-order valence-corrected chi connectivity index (χ4v) is 9.51. The number of nitrogens with zero attached hydrogens (tertiary/aromatic N) is 7. The fraction of sp³-hybridized carbons (Fsp3) is 0. The van der Waals surface area contributed by atoms with Gasteiger partial charge >= 0.3 is 0 Å². The molecule has 0 aliphatic heterocycles. The summed E-state index contributed by atoms with van der Waals surface area (Å²) in [5.74, 6) is 1.00. The van der Waals surface area contributed by atoms with Gasteiger partial charge in [-0.2, -0.15) is 0 Å². The Labute approximate surface area is 359 Å². The van der Waals surface area contributed by atoms with Gasteiger partial charge in [-0.3, -0.25) is 18.5 Å². The van der Waals surface area contributed by atoms with Gasteiger partial charge in [-0.25, -0.2) is 19.9 Å². The molecule has 0 fully saturated rings. The highest BCUT2D eigenvalue weighted by Crippen LogP contribution is 2.42. The number of rotatable bonds is 5. The molecular weight excluding hydrogens is 775 g/mol. The van der Waals surface area contributed by atoms with Gasteiger partial charge in [-0.15, -0.1) is 0 Å². The number of benzene rings is 8. The van der Waals surface area contributed by atoms with Crippen molar-refractivity contribution in [3.63, 3.8) is 0 Å². The summed E-state index contributed by atoms with van der Waals surface area (Å²) in [6.07, 6.45) is 0. The largest absolute Gasteiger partial charge is 0.278 e. The van der Waals surface area contributed by atoms with E-state index < -0.39 is 0 Å². The van der Waals surface area contributed by atoms with E-state index in [0.29, 0.717) is 22.9 Å². The van der Waals surface area contributed by atoms with Gasteiger partial charge < -0.3 is 0 Å². The molecule has 63 heavy (non-hydrogen) atoms. The zero-order valence-electron chi connectivity index (χ0n) is 33.6. The normalized spacial score (nSPS) is 11.9. The summed E-state index contributed by atoms with van der Waals surface area (Å²) in [4.78, 5) is 36.5. The van der Waals surface area contributed by atoms with Crippen LogP contribution in [0, 0.1) is 0 Å². The van der Waals surface area contributed by atoms with E-state index in [-0.39, 0.29) is 5.56 Å². The number of pyridine rings is 1. The van der Waals surface area contributed by atoms with E-state index in [9.17, 15) is 0 Å². The van der Waals surface area contributed by atoms with Crippen molar-refractivity contribution in [2.75, 3.05) is 0 Å². The van der Waals surface area contributed by atoms with Crippen molar-refractivity contribution in [2.45, 2.75) is 0 Å². The highest BCUT2D eigenvalue weighted by molar-refractivity contribution is 6.24. The van der Waals surface area contributed by atoms with Crippen molar-refractivity contribution in [3.05, 3.63) is 211 Å². The van der Waals surface area contributed by atoms with E-state index in [2.05, 4.69) is 88.0 Å². The predicted molar refractivity (Wildman–Crippen MR) is 255 cm³/mol. The van der Waals surface area contributed by atoms with Crippen LogP contribution in [0.3, 0.4) is 0 Å². The van der Waals surface area contributed by atoms with E-state index in [1.54, 1.807) is 0 Å². The Morgan fingerprint density at radius 1 is 0.333 bits per heavy atom. The van der Waals surface area contributed by atoms with Crippen LogP contribution in [-0.2, 0) is 0 Å². The smallest absolute Gasteiger partial charge is 0.264 e. The molecule has 13 aromatic rings. The summed E-state index contributed by atoms with van der Waals surface area (Å²) in [5, 5.41) is 7.36. The molecule has 0 spiro atoms. The molecule has 0 atom stereocenters. The highest BCUT2D eigenvalue weighted by Gasteiger charge is 2.26. The first-order valence-electron chi connectivity index (χ1n) is 21.0. The molecule has 0 unspecified atom stereocenters. The van der Waals surface area contributed by atoms with Crippen LogP contribution < -0.4 is 5.56 Å². The molecular formula is C55H33N7O. The van der Waals surface area contributed by atoms with Crippen molar-refractivity contribution in [1.29, 1.82) is 0 Å². The Hall–Kier alpha value is -8.75. The lowest BCUT2D eigenvalue weighted by molar-refractivity contribution is 0.946. The maximum Gasteiger partial charge on any atom is 0.264 e. The zero-order valence-corrected chi connectivity index (χ0v) is 33.6. The summed E-state index contributed by atoms with van der Waals surface area (Å²) in [5.41, 5.74) is 9.27. The quantitative estimate of drug-likeness (QED) is 0.173. The average Bonchev–Trinajstić information content (AvgIpc) is 3.85. The summed E-state index contributed by atoms with van der Waals surface area (Å²) in [6.45, 7) is 0. The number of aromatic nitrogens is 7. The van der Waals surface area contributed by atoms with Crippen LogP contribution in [-0.4, -0.2) is 33.6 Å². The minimum Gasteiger partial charge on any atom is -0.278 e. The van der Waals surface area contributed by atoms with E-state index in [1.807, 2.05) is 126 Å². The molecule has 0 saturated carbocycles. The first kappa shape index (κ1) is 35.0. The maximum absolute atomic E-state index is 15.0. The molecule has 0 saturated heterocycles. The molecule has 294 valence electrons. The van der Waals surface area contributed by atoms with Crippen molar-refractivity contribution in [1.82, 2.24) is 33.6 Å². The van der Waals surface area contributed by atoms with Crippen LogP contribution in [0.4, 0.5) is 0 Å². The van der Waals surface area contributed by atoms with Crippen LogP contribution >= 0.6 is 0 Å². The average molecular weight is 808 g/mol. The lowest BCUT2D eigenvalue weighted by Gasteiger charge is -2.15. The molecule has 8 nitrogen and oxygen atoms in total. The number of hydrogen-bond donors (Lipinski definition) is 0. The van der Waals surface area contributed by atoms with Gasteiger partial charge in [-0.05, 0) is 53.9 Å². The SMILES string of the molecule is O=c1c2ccccc2c2c3cc4c5ccccc5n(-c5nc(-c6ccccc6)c6ccccc6n5)c4cc3n(-c3nc(-c4ccccc4)c4ccccc4n3)c2n1-c1ccccc1. The summed E-state index contributed by atoms with van der Waals surface area (Å²) in [6, 6.07) is 67.5. The third kappa shape index (κ3) is 5.25. The topological polar surface area (TPSA) is 83.4 Å². The lowest BCUT2D eigenvalue weighted by Crippen LogP contribution is -2.21. The zero-order chi connectivity index (χ0) is 41.6. The molecule has 0 aliphatic carbocycles. The minimum absolute atomic E-state index is 0.130. The Bertz CT molecular complexity index is 4040. The molecule has 8 aromatic carbocycles. The van der Waals surface area contributed by atoms with Crippen molar-refractivity contribution < 1.29 is 0 Å². The molecule has 0 radical (unpaired) electrons. The molecule has 0 aliphatic rings. The first-order chi connectivity index (χ1) is 31.2. The Morgan fingerprint density at radius 2 is 0.810 bits per heavy atom. The Morgan fingerprint density at radius 3 is 1.43 bits per heavy atom. The molecule has 0 N–H and O–H groups in total. The predicted octanol–water partition coefficient (Wildman–Crippen LogP) is 12.4. The molecule has 13 rings (SSSR count).